The number of aryl methyl sites for hydroxylation is 2. The number of hydrogen-bond acceptors (Lipinski definition) is 2. The first-order chi connectivity index (χ1) is 13.5. The van der Waals surface area contributed by atoms with Gasteiger partial charge in [-0.2, -0.15) is 0 Å². The molecule has 2 aromatic carbocycles. The van der Waals surface area contributed by atoms with E-state index in [1.807, 2.05) is 62.4 Å². The Morgan fingerprint density at radius 1 is 1.00 bits per heavy atom. The van der Waals surface area contributed by atoms with Crippen LogP contribution in [0.15, 0.2) is 82.0 Å². The van der Waals surface area contributed by atoms with Gasteiger partial charge in [0.1, 0.15) is 11.0 Å². The van der Waals surface area contributed by atoms with E-state index in [-0.39, 0.29) is 6.04 Å². The number of allylic oxidation sites excluding steroid dienone is 2. The van der Waals surface area contributed by atoms with Crippen LogP contribution in [0.4, 0.5) is 0 Å². The van der Waals surface area contributed by atoms with Crippen molar-refractivity contribution in [3.8, 4) is 0 Å². The summed E-state index contributed by atoms with van der Waals surface area (Å²) in [5.74, 6) is 0. The number of nitrogens with one attached hydrogen (secondary N) is 1. The third-order valence-corrected chi connectivity index (χ3v) is 7.15. The van der Waals surface area contributed by atoms with Crippen molar-refractivity contribution in [2.45, 2.75) is 55.9 Å². The van der Waals surface area contributed by atoms with Crippen LogP contribution in [0.5, 0.6) is 0 Å². The lowest BCUT2D eigenvalue weighted by atomic mass is 10.1. The Bertz CT molecular complexity index is 855. The van der Waals surface area contributed by atoms with Crippen LogP contribution in [0.2, 0.25) is 0 Å². The van der Waals surface area contributed by atoms with Crippen molar-refractivity contribution in [3.05, 3.63) is 83.3 Å². The summed E-state index contributed by atoms with van der Waals surface area (Å²) in [6, 6.07) is 15.0. The van der Waals surface area contributed by atoms with E-state index in [9.17, 15) is 8.42 Å². The molecule has 0 radical (unpaired) electrons. The highest BCUT2D eigenvalue weighted by molar-refractivity contribution is 7.89. The summed E-state index contributed by atoms with van der Waals surface area (Å²) in [4.78, 5) is 2.15. The second-order valence-electron chi connectivity index (χ2n) is 6.78. The minimum Gasteiger partial charge on any atom is -0.249 e. The number of hydrogen-bond donors (Lipinski definition) is 1. The molecule has 1 N–H and O–H groups in total. The molecule has 2 rings (SSSR count). The molecule has 0 aromatic heterocycles. The normalized spacial score (nSPS) is 15.0. The summed E-state index contributed by atoms with van der Waals surface area (Å²) in [5.41, 5.74) is 2.24. The van der Waals surface area contributed by atoms with Gasteiger partial charge in [0.25, 0.3) is 0 Å². The molecule has 3 nitrogen and oxygen atoms in total. The molecule has 2 unspecified atom stereocenters. The molecule has 3 atom stereocenters. The SMILES string of the molecule is C=C/C=C(\[C@H](CCCC)NS(=O)c1ccc(C)cc1)S(=O)c1ccc(C)cc1. The number of rotatable bonds is 10. The fraction of sp³-hybridized carbons (Fsp3) is 0.304. The fourth-order valence-electron chi connectivity index (χ4n) is 2.75. The summed E-state index contributed by atoms with van der Waals surface area (Å²) >= 11 is 0. The first-order valence-electron chi connectivity index (χ1n) is 9.52. The predicted molar refractivity (Wildman–Crippen MR) is 120 cm³/mol. The molecule has 0 aliphatic heterocycles. The van der Waals surface area contributed by atoms with E-state index in [1.54, 1.807) is 12.2 Å². The zero-order chi connectivity index (χ0) is 20.5. The molecule has 0 heterocycles. The van der Waals surface area contributed by atoms with Crippen LogP contribution in [-0.4, -0.2) is 14.5 Å². The third-order valence-electron chi connectivity index (χ3n) is 4.41. The Kier molecular flexibility index (Phi) is 9.03. The van der Waals surface area contributed by atoms with Crippen molar-refractivity contribution in [1.29, 1.82) is 0 Å². The van der Waals surface area contributed by atoms with Crippen LogP contribution < -0.4 is 4.72 Å². The average molecular weight is 416 g/mol. The maximum atomic E-state index is 13.3. The Morgan fingerprint density at radius 3 is 2.04 bits per heavy atom. The quantitative estimate of drug-likeness (QED) is 0.532. The van der Waals surface area contributed by atoms with Gasteiger partial charge in [-0.25, -0.2) is 13.1 Å². The van der Waals surface area contributed by atoms with Crippen LogP contribution in [0.3, 0.4) is 0 Å². The smallest absolute Gasteiger partial charge is 0.125 e. The molecular weight excluding hydrogens is 386 g/mol. The fourth-order valence-corrected chi connectivity index (χ4v) is 5.16. The van der Waals surface area contributed by atoms with Crippen molar-refractivity contribution in [2.24, 2.45) is 0 Å². The zero-order valence-electron chi connectivity index (χ0n) is 16.8. The van der Waals surface area contributed by atoms with Gasteiger partial charge in [0.15, 0.2) is 0 Å². The zero-order valence-corrected chi connectivity index (χ0v) is 18.4. The minimum absolute atomic E-state index is 0.262. The largest absolute Gasteiger partial charge is 0.249 e. The third kappa shape index (κ3) is 6.36. The molecule has 0 aliphatic carbocycles. The molecule has 0 bridgehead atoms. The highest BCUT2D eigenvalue weighted by Crippen LogP contribution is 2.22. The summed E-state index contributed by atoms with van der Waals surface area (Å²) < 4.78 is 29.4. The van der Waals surface area contributed by atoms with Crippen LogP contribution in [0.1, 0.15) is 37.3 Å². The lowest BCUT2D eigenvalue weighted by molar-refractivity contribution is 0.597. The summed E-state index contributed by atoms with van der Waals surface area (Å²) in [7, 11) is -2.73. The highest BCUT2D eigenvalue weighted by Gasteiger charge is 2.22. The molecule has 0 saturated heterocycles. The second-order valence-corrected chi connectivity index (χ2v) is 9.51. The molecule has 28 heavy (non-hydrogen) atoms. The van der Waals surface area contributed by atoms with Gasteiger partial charge in [-0.05, 0) is 50.6 Å². The minimum atomic E-state index is -1.39. The average Bonchev–Trinajstić information content (AvgIpc) is 2.70. The monoisotopic (exact) mass is 415 g/mol. The van der Waals surface area contributed by atoms with Crippen molar-refractivity contribution >= 4 is 21.8 Å². The van der Waals surface area contributed by atoms with E-state index in [4.69, 9.17) is 0 Å². The standard InChI is InChI=1S/C23H29NO2S2/c1-5-7-9-22(24-28(26)21-16-12-19(4)13-17-21)23(8-6-2)27(25)20-14-10-18(3)11-15-20/h6,8,10-17,22,24H,2,5,7,9H2,1,3-4H3/b23-8+/t22-,27?,28?/m0/s1. The Labute approximate surface area is 174 Å². The molecule has 2 aromatic rings. The Morgan fingerprint density at radius 2 is 1.54 bits per heavy atom. The van der Waals surface area contributed by atoms with Gasteiger partial charge in [-0.3, -0.25) is 0 Å². The second kappa shape index (κ2) is 11.2. The summed E-state index contributed by atoms with van der Waals surface area (Å²) in [5, 5.41) is 0. The molecular formula is C23H29NO2S2. The van der Waals surface area contributed by atoms with E-state index >= 15 is 0 Å². The molecule has 0 amide bonds. The van der Waals surface area contributed by atoms with Crippen LogP contribution in [0, 0.1) is 13.8 Å². The molecule has 5 heteroatoms. The van der Waals surface area contributed by atoms with E-state index in [2.05, 4.69) is 18.2 Å². The van der Waals surface area contributed by atoms with E-state index in [0.29, 0.717) is 9.80 Å². The van der Waals surface area contributed by atoms with Gasteiger partial charge in [-0.1, -0.05) is 67.8 Å². The molecule has 0 saturated carbocycles. The molecule has 0 fully saturated rings. The first-order valence-corrected chi connectivity index (χ1v) is 11.8. The van der Waals surface area contributed by atoms with E-state index < -0.39 is 21.8 Å². The Balaban J connectivity index is 2.30. The van der Waals surface area contributed by atoms with Crippen LogP contribution in [0.25, 0.3) is 0 Å². The van der Waals surface area contributed by atoms with Gasteiger partial charge < -0.3 is 0 Å². The molecule has 0 aliphatic rings. The lowest BCUT2D eigenvalue weighted by Crippen LogP contribution is -2.34. The molecule has 150 valence electrons. The predicted octanol–water partition coefficient (Wildman–Crippen LogP) is 5.35. The van der Waals surface area contributed by atoms with Crippen molar-refractivity contribution in [3.63, 3.8) is 0 Å². The van der Waals surface area contributed by atoms with E-state index in [1.165, 1.54) is 0 Å². The lowest BCUT2D eigenvalue weighted by Gasteiger charge is -2.21. The number of unbranched alkanes of at least 4 members (excludes halogenated alkanes) is 1. The first kappa shape index (κ1) is 22.5. The van der Waals surface area contributed by atoms with Gasteiger partial charge in [0.2, 0.25) is 0 Å². The maximum absolute atomic E-state index is 13.3. The van der Waals surface area contributed by atoms with E-state index in [0.717, 1.165) is 35.3 Å². The van der Waals surface area contributed by atoms with Crippen LogP contribution in [-0.2, 0) is 21.8 Å². The summed E-state index contributed by atoms with van der Waals surface area (Å²) in [6.45, 7) is 9.90. The van der Waals surface area contributed by atoms with Gasteiger partial charge in [0.05, 0.1) is 21.7 Å². The summed E-state index contributed by atoms with van der Waals surface area (Å²) in [6.07, 6.45) is 6.15. The van der Waals surface area contributed by atoms with Crippen molar-refractivity contribution in [2.75, 3.05) is 0 Å². The topological polar surface area (TPSA) is 46.2 Å². The van der Waals surface area contributed by atoms with Gasteiger partial charge in [0, 0.05) is 9.80 Å². The number of benzene rings is 2. The van der Waals surface area contributed by atoms with Crippen LogP contribution >= 0.6 is 0 Å². The maximum Gasteiger partial charge on any atom is 0.125 e. The van der Waals surface area contributed by atoms with Crippen molar-refractivity contribution < 1.29 is 8.42 Å². The van der Waals surface area contributed by atoms with Gasteiger partial charge >= 0.3 is 0 Å². The highest BCUT2D eigenvalue weighted by atomic mass is 32.2. The van der Waals surface area contributed by atoms with Crippen molar-refractivity contribution in [1.82, 2.24) is 4.72 Å². The Hall–Kier alpha value is -1.82. The molecule has 0 spiro atoms. The van der Waals surface area contributed by atoms with Gasteiger partial charge in [-0.15, -0.1) is 0 Å².